The molecule has 3 rings (SSSR count). The van der Waals surface area contributed by atoms with Crippen molar-refractivity contribution in [3.05, 3.63) is 53.3 Å². The molecular weight excluding hydrogens is 289 g/mol. The molecule has 1 atom stereocenters. The molecule has 0 bridgehead atoms. The van der Waals surface area contributed by atoms with Crippen molar-refractivity contribution in [3.8, 4) is 10.6 Å². The van der Waals surface area contributed by atoms with Gasteiger partial charge in [0.1, 0.15) is 23.0 Å². The van der Waals surface area contributed by atoms with Crippen LogP contribution in [0, 0.1) is 5.82 Å². The summed E-state index contributed by atoms with van der Waals surface area (Å²) in [5, 5.41) is 12.9. The minimum absolute atomic E-state index is 0.0727. The Hall–Kier alpha value is -2.12. The Bertz CT molecular complexity index is 692. The minimum atomic E-state index is -0.238. The topological polar surface area (TPSA) is 66.5 Å². The minimum Gasteiger partial charge on any atom is -0.302 e. The highest BCUT2D eigenvalue weighted by atomic mass is 32.1. The zero-order valence-electron chi connectivity index (χ0n) is 11.4. The van der Waals surface area contributed by atoms with Crippen LogP contribution in [0.5, 0.6) is 0 Å². The standard InChI is InChI=1S/C14H14FN5S/c1-9(13-17-8-18-20-13)16-6-12-7-21-14(19-12)10-2-4-11(15)5-3-10/h2-5,7-9,16H,6H2,1H3,(H,17,18,20). The first-order chi connectivity index (χ1) is 10.2. The average Bonchev–Trinajstić information content (AvgIpc) is 3.17. The predicted octanol–water partition coefficient (Wildman–Crippen LogP) is 2.92. The third-order valence-corrected chi connectivity index (χ3v) is 4.02. The second kappa shape index (κ2) is 6.11. The summed E-state index contributed by atoms with van der Waals surface area (Å²) < 4.78 is 12.9. The smallest absolute Gasteiger partial charge is 0.141 e. The molecule has 108 valence electrons. The van der Waals surface area contributed by atoms with E-state index in [4.69, 9.17) is 0 Å². The van der Waals surface area contributed by atoms with Gasteiger partial charge in [-0.05, 0) is 31.2 Å². The van der Waals surface area contributed by atoms with E-state index in [1.807, 2.05) is 12.3 Å². The number of hydrogen-bond donors (Lipinski definition) is 2. The van der Waals surface area contributed by atoms with Crippen molar-refractivity contribution < 1.29 is 4.39 Å². The van der Waals surface area contributed by atoms with E-state index >= 15 is 0 Å². The summed E-state index contributed by atoms with van der Waals surface area (Å²) in [6, 6.07) is 6.44. The van der Waals surface area contributed by atoms with Gasteiger partial charge in [0.05, 0.1) is 11.7 Å². The molecule has 1 unspecified atom stereocenters. The molecule has 21 heavy (non-hydrogen) atoms. The van der Waals surface area contributed by atoms with Gasteiger partial charge in [0.2, 0.25) is 0 Å². The van der Waals surface area contributed by atoms with Gasteiger partial charge in [-0.15, -0.1) is 11.3 Å². The van der Waals surface area contributed by atoms with Crippen LogP contribution in [0.1, 0.15) is 24.5 Å². The molecule has 7 heteroatoms. The fourth-order valence-electron chi connectivity index (χ4n) is 1.89. The molecule has 5 nitrogen and oxygen atoms in total. The molecule has 0 aliphatic heterocycles. The van der Waals surface area contributed by atoms with Crippen molar-refractivity contribution in [1.29, 1.82) is 0 Å². The molecule has 0 radical (unpaired) electrons. The number of aromatic amines is 1. The number of halogens is 1. The van der Waals surface area contributed by atoms with Gasteiger partial charge >= 0.3 is 0 Å². The number of aromatic nitrogens is 4. The summed E-state index contributed by atoms with van der Waals surface area (Å²) in [6.07, 6.45) is 1.49. The summed E-state index contributed by atoms with van der Waals surface area (Å²) in [5.41, 5.74) is 1.88. The molecule has 0 spiro atoms. The maximum atomic E-state index is 12.9. The lowest BCUT2D eigenvalue weighted by molar-refractivity contribution is 0.543. The third-order valence-electron chi connectivity index (χ3n) is 3.08. The van der Waals surface area contributed by atoms with Crippen molar-refractivity contribution in [2.24, 2.45) is 0 Å². The molecule has 2 heterocycles. The summed E-state index contributed by atoms with van der Waals surface area (Å²) in [7, 11) is 0. The van der Waals surface area contributed by atoms with Crippen molar-refractivity contribution in [2.45, 2.75) is 19.5 Å². The average molecular weight is 303 g/mol. The number of nitrogens with one attached hydrogen (secondary N) is 2. The van der Waals surface area contributed by atoms with Gasteiger partial charge in [-0.3, -0.25) is 5.10 Å². The number of nitrogens with zero attached hydrogens (tertiary/aromatic N) is 3. The molecule has 0 saturated carbocycles. The molecule has 0 amide bonds. The van der Waals surface area contributed by atoms with Crippen LogP contribution in [0.3, 0.4) is 0 Å². The third kappa shape index (κ3) is 3.32. The van der Waals surface area contributed by atoms with E-state index in [-0.39, 0.29) is 11.9 Å². The van der Waals surface area contributed by atoms with Crippen LogP contribution in [0.25, 0.3) is 10.6 Å². The maximum Gasteiger partial charge on any atom is 0.141 e. The first-order valence-corrected chi connectivity index (χ1v) is 7.39. The fourth-order valence-corrected chi connectivity index (χ4v) is 2.72. The number of thiazole rings is 1. The summed E-state index contributed by atoms with van der Waals surface area (Å²) in [4.78, 5) is 8.66. The van der Waals surface area contributed by atoms with Gasteiger partial charge < -0.3 is 5.32 Å². The molecule has 1 aromatic carbocycles. The highest BCUT2D eigenvalue weighted by Gasteiger charge is 2.09. The Morgan fingerprint density at radius 2 is 2.14 bits per heavy atom. The Labute approximate surface area is 125 Å². The van der Waals surface area contributed by atoms with Gasteiger partial charge in [-0.1, -0.05) is 0 Å². The lowest BCUT2D eigenvalue weighted by atomic mass is 10.2. The molecular formula is C14H14FN5S. The SMILES string of the molecule is CC(NCc1csc(-c2ccc(F)cc2)n1)c1ncn[nH]1. The van der Waals surface area contributed by atoms with Crippen LogP contribution >= 0.6 is 11.3 Å². The normalized spacial score (nSPS) is 12.5. The zero-order valence-corrected chi connectivity index (χ0v) is 12.2. The first-order valence-electron chi connectivity index (χ1n) is 6.51. The van der Waals surface area contributed by atoms with Gasteiger partial charge in [0, 0.05) is 17.5 Å². The van der Waals surface area contributed by atoms with E-state index in [0.717, 1.165) is 22.1 Å². The molecule has 2 N–H and O–H groups in total. The lowest BCUT2D eigenvalue weighted by Crippen LogP contribution is -2.19. The van der Waals surface area contributed by atoms with E-state index in [1.54, 1.807) is 23.5 Å². The van der Waals surface area contributed by atoms with Crippen LogP contribution in [0.4, 0.5) is 4.39 Å². The van der Waals surface area contributed by atoms with Gasteiger partial charge in [0.15, 0.2) is 0 Å². The van der Waals surface area contributed by atoms with Gasteiger partial charge in [-0.2, -0.15) is 5.10 Å². The summed E-state index contributed by atoms with van der Waals surface area (Å²) >= 11 is 1.55. The lowest BCUT2D eigenvalue weighted by Gasteiger charge is -2.08. The fraction of sp³-hybridized carbons (Fsp3) is 0.214. The second-order valence-electron chi connectivity index (χ2n) is 4.62. The van der Waals surface area contributed by atoms with Crippen LogP contribution in [-0.4, -0.2) is 20.2 Å². The Kier molecular flexibility index (Phi) is 4.03. The van der Waals surface area contributed by atoms with Gasteiger partial charge in [0.25, 0.3) is 0 Å². The van der Waals surface area contributed by atoms with Crippen LogP contribution in [-0.2, 0) is 6.54 Å². The monoisotopic (exact) mass is 303 g/mol. The number of benzene rings is 1. The van der Waals surface area contributed by atoms with Crippen LogP contribution in [0.2, 0.25) is 0 Å². The summed E-state index contributed by atoms with van der Waals surface area (Å²) in [5.74, 6) is 0.557. The largest absolute Gasteiger partial charge is 0.302 e. The van der Waals surface area contributed by atoms with E-state index in [0.29, 0.717) is 6.54 Å². The number of hydrogen-bond acceptors (Lipinski definition) is 5. The Balaban J connectivity index is 1.64. The Morgan fingerprint density at radius 3 is 2.86 bits per heavy atom. The van der Waals surface area contributed by atoms with E-state index < -0.39 is 0 Å². The van der Waals surface area contributed by atoms with Crippen LogP contribution < -0.4 is 5.32 Å². The van der Waals surface area contributed by atoms with E-state index in [1.165, 1.54) is 18.5 Å². The second-order valence-corrected chi connectivity index (χ2v) is 5.48. The van der Waals surface area contributed by atoms with Crippen molar-refractivity contribution in [2.75, 3.05) is 0 Å². The van der Waals surface area contributed by atoms with E-state index in [9.17, 15) is 4.39 Å². The molecule has 2 aromatic heterocycles. The number of rotatable bonds is 5. The molecule has 3 aromatic rings. The molecule has 0 aliphatic rings. The van der Waals surface area contributed by atoms with E-state index in [2.05, 4.69) is 25.5 Å². The van der Waals surface area contributed by atoms with Crippen LogP contribution in [0.15, 0.2) is 36.0 Å². The van der Waals surface area contributed by atoms with Crippen molar-refractivity contribution in [3.63, 3.8) is 0 Å². The zero-order chi connectivity index (χ0) is 14.7. The highest BCUT2D eigenvalue weighted by Crippen LogP contribution is 2.24. The number of H-pyrrole nitrogens is 1. The highest BCUT2D eigenvalue weighted by molar-refractivity contribution is 7.13. The first kappa shape index (κ1) is 13.8. The summed E-state index contributed by atoms with van der Waals surface area (Å²) in [6.45, 7) is 2.65. The molecule has 0 saturated heterocycles. The maximum absolute atomic E-state index is 12.9. The van der Waals surface area contributed by atoms with Crippen molar-refractivity contribution in [1.82, 2.24) is 25.5 Å². The van der Waals surface area contributed by atoms with Gasteiger partial charge in [-0.25, -0.2) is 14.4 Å². The molecule has 0 fully saturated rings. The van der Waals surface area contributed by atoms with Crippen molar-refractivity contribution >= 4 is 11.3 Å². The Morgan fingerprint density at radius 1 is 1.33 bits per heavy atom. The quantitative estimate of drug-likeness (QED) is 0.760. The molecule has 0 aliphatic carbocycles. The predicted molar refractivity (Wildman–Crippen MR) is 79.1 cm³/mol.